The second kappa shape index (κ2) is 5.92. The minimum atomic E-state index is 0.584. The quantitative estimate of drug-likeness (QED) is 0.885. The van der Waals surface area contributed by atoms with E-state index >= 15 is 0 Å². The SMILES string of the molecule is CCNC1CCCc2nc(C3CCCC(C)C3)sc21. The largest absolute Gasteiger partial charge is 0.309 e. The fourth-order valence-corrected chi connectivity index (χ4v) is 5.08. The summed E-state index contributed by atoms with van der Waals surface area (Å²) in [6, 6.07) is 0.584. The van der Waals surface area contributed by atoms with Crippen molar-refractivity contribution >= 4 is 11.3 Å². The van der Waals surface area contributed by atoms with Gasteiger partial charge < -0.3 is 5.32 Å². The number of fused-ring (bicyclic) bond motifs is 1. The molecule has 0 aromatic carbocycles. The number of rotatable bonds is 3. The van der Waals surface area contributed by atoms with E-state index in [2.05, 4.69) is 19.2 Å². The molecule has 1 aromatic rings. The molecule has 1 heterocycles. The number of aryl methyl sites for hydroxylation is 1. The summed E-state index contributed by atoms with van der Waals surface area (Å²) in [5.41, 5.74) is 1.41. The highest BCUT2D eigenvalue weighted by Crippen LogP contribution is 2.42. The Morgan fingerprint density at radius 2 is 2.16 bits per heavy atom. The van der Waals surface area contributed by atoms with Crippen LogP contribution in [0.15, 0.2) is 0 Å². The lowest BCUT2D eigenvalue weighted by atomic mass is 9.83. The molecule has 0 aliphatic heterocycles. The van der Waals surface area contributed by atoms with E-state index in [4.69, 9.17) is 4.98 Å². The number of thiazole rings is 1. The summed E-state index contributed by atoms with van der Waals surface area (Å²) in [5, 5.41) is 5.08. The van der Waals surface area contributed by atoms with E-state index in [1.54, 1.807) is 4.88 Å². The normalized spacial score (nSPS) is 31.2. The first-order valence-electron chi connectivity index (χ1n) is 8.00. The zero-order valence-corrected chi connectivity index (χ0v) is 13.1. The third kappa shape index (κ3) is 2.87. The molecule has 0 spiro atoms. The standard InChI is InChI=1S/C16H26N2S/c1-3-17-13-8-5-9-14-15(13)19-16(18-14)12-7-4-6-11(2)10-12/h11-13,17H,3-10H2,1-2H3. The van der Waals surface area contributed by atoms with Crippen LogP contribution in [0.25, 0.3) is 0 Å². The van der Waals surface area contributed by atoms with Crippen LogP contribution in [-0.4, -0.2) is 11.5 Å². The minimum absolute atomic E-state index is 0.584. The summed E-state index contributed by atoms with van der Waals surface area (Å²) >= 11 is 2.02. The maximum Gasteiger partial charge on any atom is 0.0962 e. The molecule has 3 rings (SSSR count). The molecule has 0 radical (unpaired) electrons. The monoisotopic (exact) mass is 278 g/mol. The predicted octanol–water partition coefficient (Wildman–Crippen LogP) is 4.42. The molecule has 3 atom stereocenters. The first-order chi connectivity index (χ1) is 9.28. The molecule has 106 valence electrons. The average molecular weight is 278 g/mol. The molecular formula is C16H26N2S. The first kappa shape index (κ1) is 13.6. The maximum absolute atomic E-state index is 5.02. The third-order valence-electron chi connectivity index (χ3n) is 4.70. The predicted molar refractivity (Wildman–Crippen MR) is 81.8 cm³/mol. The second-order valence-corrected chi connectivity index (χ2v) is 7.40. The van der Waals surface area contributed by atoms with Crippen molar-refractivity contribution in [3.05, 3.63) is 15.6 Å². The van der Waals surface area contributed by atoms with Crippen LogP contribution in [0.5, 0.6) is 0 Å². The van der Waals surface area contributed by atoms with Crippen molar-refractivity contribution in [2.75, 3.05) is 6.54 Å². The Morgan fingerprint density at radius 3 is 2.95 bits per heavy atom. The van der Waals surface area contributed by atoms with E-state index in [1.165, 1.54) is 55.6 Å². The highest BCUT2D eigenvalue weighted by atomic mass is 32.1. The fourth-order valence-electron chi connectivity index (χ4n) is 3.71. The minimum Gasteiger partial charge on any atom is -0.309 e. The van der Waals surface area contributed by atoms with Gasteiger partial charge in [0.1, 0.15) is 0 Å². The van der Waals surface area contributed by atoms with Gasteiger partial charge in [-0.25, -0.2) is 4.98 Å². The zero-order chi connectivity index (χ0) is 13.2. The summed E-state index contributed by atoms with van der Waals surface area (Å²) in [6.45, 7) is 5.68. The Hall–Kier alpha value is -0.410. The van der Waals surface area contributed by atoms with Gasteiger partial charge in [0, 0.05) is 16.8 Å². The number of nitrogens with zero attached hydrogens (tertiary/aromatic N) is 1. The van der Waals surface area contributed by atoms with Gasteiger partial charge in [0.25, 0.3) is 0 Å². The van der Waals surface area contributed by atoms with Crippen molar-refractivity contribution in [2.45, 2.75) is 70.8 Å². The summed E-state index contributed by atoms with van der Waals surface area (Å²) < 4.78 is 0. The van der Waals surface area contributed by atoms with Gasteiger partial charge in [-0.2, -0.15) is 0 Å². The summed E-state index contributed by atoms with van der Waals surface area (Å²) in [5.74, 6) is 1.64. The van der Waals surface area contributed by atoms with Crippen LogP contribution in [0.2, 0.25) is 0 Å². The van der Waals surface area contributed by atoms with Gasteiger partial charge >= 0.3 is 0 Å². The molecule has 0 amide bonds. The Labute approximate surface area is 121 Å². The lowest BCUT2D eigenvalue weighted by Crippen LogP contribution is -2.23. The Morgan fingerprint density at radius 1 is 1.26 bits per heavy atom. The van der Waals surface area contributed by atoms with E-state index in [0.29, 0.717) is 6.04 Å². The third-order valence-corrected chi connectivity index (χ3v) is 6.08. The Bertz CT molecular complexity index is 426. The van der Waals surface area contributed by atoms with Gasteiger partial charge in [-0.15, -0.1) is 11.3 Å². The van der Waals surface area contributed by atoms with Crippen molar-refractivity contribution in [1.82, 2.24) is 10.3 Å². The highest BCUT2D eigenvalue weighted by molar-refractivity contribution is 7.12. The Balaban J connectivity index is 1.80. The summed E-state index contributed by atoms with van der Waals surface area (Å²) in [6.07, 6.45) is 9.34. The molecule has 1 fully saturated rings. The van der Waals surface area contributed by atoms with Gasteiger partial charge in [0.15, 0.2) is 0 Å². The van der Waals surface area contributed by atoms with Crippen molar-refractivity contribution in [2.24, 2.45) is 5.92 Å². The molecule has 0 bridgehead atoms. The van der Waals surface area contributed by atoms with Gasteiger partial charge in [-0.3, -0.25) is 0 Å². The number of hydrogen-bond acceptors (Lipinski definition) is 3. The van der Waals surface area contributed by atoms with Gasteiger partial charge in [-0.05, 0) is 44.6 Å². The topological polar surface area (TPSA) is 24.9 Å². The molecular weight excluding hydrogens is 252 g/mol. The van der Waals surface area contributed by atoms with Crippen LogP contribution in [-0.2, 0) is 6.42 Å². The summed E-state index contributed by atoms with van der Waals surface area (Å²) in [4.78, 5) is 6.58. The van der Waals surface area contributed by atoms with Gasteiger partial charge in [-0.1, -0.05) is 26.7 Å². The van der Waals surface area contributed by atoms with Crippen molar-refractivity contribution in [3.63, 3.8) is 0 Å². The highest BCUT2D eigenvalue weighted by Gasteiger charge is 2.28. The Kier molecular flexibility index (Phi) is 4.23. The van der Waals surface area contributed by atoms with Crippen molar-refractivity contribution in [3.8, 4) is 0 Å². The zero-order valence-electron chi connectivity index (χ0n) is 12.2. The molecule has 1 N–H and O–H groups in total. The molecule has 3 heteroatoms. The van der Waals surface area contributed by atoms with Gasteiger partial charge in [0.05, 0.1) is 10.7 Å². The van der Waals surface area contributed by atoms with E-state index in [0.717, 1.165) is 18.4 Å². The maximum atomic E-state index is 5.02. The van der Waals surface area contributed by atoms with E-state index in [-0.39, 0.29) is 0 Å². The van der Waals surface area contributed by atoms with Crippen LogP contribution >= 0.6 is 11.3 Å². The van der Waals surface area contributed by atoms with Gasteiger partial charge in [0.2, 0.25) is 0 Å². The molecule has 0 saturated heterocycles. The lowest BCUT2D eigenvalue weighted by molar-refractivity contribution is 0.343. The molecule has 2 aliphatic carbocycles. The second-order valence-electron chi connectivity index (χ2n) is 6.33. The molecule has 19 heavy (non-hydrogen) atoms. The van der Waals surface area contributed by atoms with Crippen LogP contribution in [0.3, 0.4) is 0 Å². The van der Waals surface area contributed by atoms with Crippen molar-refractivity contribution < 1.29 is 0 Å². The van der Waals surface area contributed by atoms with Crippen LogP contribution in [0.4, 0.5) is 0 Å². The van der Waals surface area contributed by atoms with E-state index < -0.39 is 0 Å². The average Bonchev–Trinajstić information content (AvgIpc) is 2.84. The smallest absolute Gasteiger partial charge is 0.0962 e. The molecule has 2 nitrogen and oxygen atoms in total. The number of hydrogen-bond donors (Lipinski definition) is 1. The van der Waals surface area contributed by atoms with E-state index in [9.17, 15) is 0 Å². The number of aromatic nitrogens is 1. The summed E-state index contributed by atoms with van der Waals surface area (Å²) in [7, 11) is 0. The molecule has 3 unspecified atom stereocenters. The molecule has 1 saturated carbocycles. The van der Waals surface area contributed by atoms with Crippen LogP contribution < -0.4 is 5.32 Å². The fraction of sp³-hybridized carbons (Fsp3) is 0.812. The van der Waals surface area contributed by atoms with Crippen LogP contribution in [0.1, 0.15) is 79.9 Å². The lowest BCUT2D eigenvalue weighted by Gasteiger charge is -2.24. The number of nitrogens with one attached hydrogen (secondary N) is 1. The van der Waals surface area contributed by atoms with Crippen LogP contribution in [0, 0.1) is 5.92 Å². The molecule has 1 aromatic heterocycles. The van der Waals surface area contributed by atoms with Crippen molar-refractivity contribution in [1.29, 1.82) is 0 Å². The van der Waals surface area contributed by atoms with E-state index in [1.807, 2.05) is 11.3 Å². The first-order valence-corrected chi connectivity index (χ1v) is 8.82. The molecule has 2 aliphatic rings.